The molecule has 1 aliphatic rings. The van der Waals surface area contributed by atoms with Gasteiger partial charge in [-0.05, 0) is 49.1 Å². The average molecular weight is 315 g/mol. The predicted octanol–water partition coefficient (Wildman–Crippen LogP) is 4.50. The summed E-state index contributed by atoms with van der Waals surface area (Å²) < 4.78 is 0. The predicted molar refractivity (Wildman–Crippen MR) is 81.7 cm³/mol. The monoisotopic (exact) mass is 314 g/mol. The summed E-state index contributed by atoms with van der Waals surface area (Å²) in [6.45, 7) is 0. The van der Waals surface area contributed by atoms with Gasteiger partial charge in [-0.3, -0.25) is 0 Å². The summed E-state index contributed by atoms with van der Waals surface area (Å²) in [5, 5.41) is 10.3. The Bertz CT molecular complexity index is 501. The highest BCUT2D eigenvalue weighted by molar-refractivity contribution is 7.99. The Morgan fingerprint density at radius 3 is 2.89 bits per heavy atom. The number of nitrogens with two attached hydrogens (primary N) is 1. The highest BCUT2D eigenvalue weighted by Crippen LogP contribution is 2.37. The Balaban J connectivity index is 1.87. The SMILES string of the molecule is N#CC1(N)CCCC1CCSc1ccc(Cl)c(Cl)c1. The molecule has 19 heavy (non-hydrogen) atoms. The molecule has 0 spiro atoms. The van der Waals surface area contributed by atoms with Gasteiger partial charge in [0.1, 0.15) is 5.54 Å². The van der Waals surface area contributed by atoms with Gasteiger partial charge in [0.25, 0.3) is 0 Å². The van der Waals surface area contributed by atoms with Crippen molar-refractivity contribution in [1.29, 1.82) is 5.26 Å². The summed E-state index contributed by atoms with van der Waals surface area (Å²) in [5.74, 6) is 1.26. The largest absolute Gasteiger partial charge is 0.313 e. The van der Waals surface area contributed by atoms with Crippen molar-refractivity contribution in [3.05, 3.63) is 28.2 Å². The van der Waals surface area contributed by atoms with E-state index in [4.69, 9.17) is 34.2 Å². The van der Waals surface area contributed by atoms with Crippen molar-refractivity contribution in [3.63, 3.8) is 0 Å². The van der Waals surface area contributed by atoms with Crippen LogP contribution in [-0.4, -0.2) is 11.3 Å². The molecule has 0 radical (unpaired) electrons. The highest BCUT2D eigenvalue weighted by atomic mass is 35.5. The Labute approximate surface area is 128 Å². The lowest BCUT2D eigenvalue weighted by Gasteiger charge is -2.23. The minimum Gasteiger partial charge on any atom is -0.313 e. The van der Waals surface area contributed by atoms with Crippen LogP contribution in [0.15, 0.2) is 23.1 Å². The number of hydrogen-bond donors (Lipinski definition) is 1. The molecule has 1 aromatic rings. The molecule has 0 amide bonds. The molecule has 0 aliphatic heterocycles. The summed E-state index contributed by atoms with van der Waals surface area (Å²) in [7, 11) is 0. The van der Waals surface area contributed by atoms with Gasteiger partial charge in [-0.25, -0.2) is 0 Å². The Kier molecular flexibility index (Phi) is 5.03. The van der Waals surface area contributed by atoms with Crippen LogP contribution in [0, 0.1) is 17.2 Å². The zero-order valence-corrected chi connectivity index (χ0v) is 12.9. The van der Waals surface area contributed by atoms with Crippen molar-refractivity contribution >= 4 is 35.0 Å². The Hall–Kier alpha value is -0.400. The fourth-order valence-electron chi connectivity index (χ4n) is 2.54. The summed E-state index contributed by atoms with van der Waals surface area (Å²) in [6.07, 6.45) is 3.92. The number of halogens is 2. The molecule has 102 valence electrons. The maximum absolute atomic E-state index is 9.17. The third kappa shape index (κ3) is 3.58. The van der Waals surface area contributed by atoms with E-state index in [0.29, 0.717) is 16.0 Å². The number of nitriles is 1. The van der Waals surface area contributed by atoms with Crippen LogP contribution >= 0.6 is 35.0 Å². The second-order valence-electron chi connectivity index (χ2n) is 4.95. The fraction of sp³-hybridized carbons (Fsp3) is 0.500. The lowest BCUT2D eigenvalue weighted by atomic mass is 9.88. The second kappa shape index (κ2) is 6.37. The lowest BCUT2D eigenvalue weighted by molar-refractivity contribution is 0.389. The van der Waals surface area contributed by atoms with Gasteiger partial charge in [0.2, 0.25) is 0 Å². The minimum absolute atomic E-state index is 0.313. The molecule has 1 aliphatic carbocycles. The second-order valence-corrected chi connectivity index (χ2v) is 6.94. The molecule has 0 heterocycles. The van der Waals surface area contributed by atoms with E-state index in [9.17, 15) is 0 Å². The van der Waals surface area contributed by atoms with Crippen molar-refractivity contribution in [2.75, 3.05) is 5.75 Å². The number of thioether (sulfide) groups is 1. The Morgan fingerprint density at radius 1 is 1.42 bits per heavy atom. The third-order valence-electron chi connectivity index (χ3n) is 3.71. The van der Waals surface area contributed by atoms with Gasteiger partial charge in [-0.1, -0.05) is 29.6 Å². The maximum atomic E-state index is 9.17. The summed E-state index contributed by atoms with van der Waals surface area (Å²) in [6, 6.07) is 7.94. The molecule has 2 N–H and O–H groups in total. The van der Waals surface area contributed by atoms with E-state index < -0.39 is 5.54 Å². The molecule has 2 rings (SSSR count). The smallest absolute Gasteiger partial charge is 0.107 e. The summed E-state index contributed by atoms with van der Waals surface area (Å²) in [4.78, 5) is 1.10. The van der Waals surface area contributed by atoms with Gasteiger partial charge < -0.3 is 5.73 Å². The number of hydrogen-bond acceptors (Lipinski definition) is 3. The molecule has 5 heteroatoms. The molecular weight excluding hydrogens is 299 g/mol. The minimum atomic E-state index is -0.613. The van der Waals surface area contributed by atoms with Gasteiger partial charge in [-0.2, -0.15) is 5.26 Å². The van der Waals surface area contributed by atoms with Crippen molar-refractivity contribution in [1.82, 2.24) is 0 Å². The molecule has 1 saturated carbocycles. The van der Waals surface area contributed by atoms with Gasteiger partial charge in [0.15, 0.2) is 0 Å². The topological polar surface area (TPSA) is 49.8 Å². The van der Waals surface area contributed by atoms with Crippen LogP contribution in [0.25, 0.3) is 0 Å². The zero-order valence-electron chi connectivity index (χ0n) is 10.5. The first kappa shape index (κ1) is 15.0. The van der Waals surface area contributed by atoms with E-state index in [1.165, 1.54) is 0 Å². The van der Waals surface area contributed by atoms with Crippen LogP contribution < -0.4 is 5.73 Å². The van der Waals surface area contributed by atoms with E-state index in [1.807, 2.05) is 18.2 Å². The van der Waals surface area contributed by atoms with Crippen LogP contribution in [-0.2, 0) is 0 Å². The number of nitrogens with zero attached hydrogens (tertiary/aromatic N) is 1. The van der Waals surface area contributed by atoms with E-state index in [1.54, 1.807) is 11.8 Å². The molecule has 0 aromatic heterocycles. The van der Waals surface area contributed by atoms with Crippen LogP contribution in [0.3, 0.4) is 0 Å². The molecule has 2 atom stereocenters. The first-order chi connectivity index (χ1) is 9.05. The molecule has 0 bridgehead atoms. The summed E-state index contributed by atoms with van der Waals surface area (Å²) >= 11 is 13.6. The van der Waals surface area contributed by atoms with Crippen molar-refractivity contribution in [2.24, 2.45) is 11.7 Å². The lowest BCUT2D eigenvalue weighted by Crippen LogP contribution is -2.41. The maximum Gasteiger partial charge on any atom is 0.107 e. The van der Waals surface area contributed by atoms with E-state index in [0.717, 1.165) is 36.3 Å². The van der Waals surface area contributed by atoms with Crippen molar-refractivity contribution in [3.8, 4) is 6.07 Å². The molecular formula is C14H16Cl2N2S. The van der Waals surface area contributed by atoms with Gasteiger partial charge in [0, 0.05) is 4.90 Å². The molecule has 1 aromatic carbocycles. The fourth-order valence-corrected chi connectivity index (χ4v) is 3.90. The van der Waals surface area contributed by atoms with E-state index >= 15 is 0 Å². The Morgan fingerprint density at radius 2 is 2.21 bits per heavy atom. The van der Waals surface area contributed by atoms with E-state index in [-0.39, 0.29) is 0 Å². The molecule has 1 fully saturated rings. The molecule has 2 unspecified atom stereocenters. The first-order valence-electron chi connectivity index (χ1n) is 6.33. The average Bonchev–Trinajstić information content (AvgIpc) is 2.76. The van der Waals surface area contributed by atoms with Crippen molar-refractivity contribution < 1.29 is 0 Å². The van der Waals surface area contributed by atoms with Crippen LogP contribution in [0.2, 0.25) is 10.0 Å². The van der Waals surface area contributed by atoms with Crippen LogP contribution in [0.5, 0.6) is 0 Å². The first-order valence-corrected chi connectivity index (χ1v) is 8.07. The summed E-state index contributed by atoms with van der Waals surface area (Å²) in [5.41, 5.74) is 5.50. The van der Waals surface area contributed by atoms with Gasteiger partial charge in [-0.15, -0.1) is 11.8 Å². The standard InChI is InChI=1S/C14H16Cl2N2S/c15-12-4-3-11(8-13(12)16)19-7-5-10-2-1-6-14(10,18)9-17/h3-4,8,10H,1-2,5-7,18H2. The molecule has 2 nitrogen and oxygen atoms in total. The zero-order chi connectivity index (χ0) is 13.9. The van der Waals surface area contributed by atoms with Crippen LogP contribution in [0.1, 0.15) is 25.7 Å². The van der Waals surface area contributed by atoms with Gasteiger partial charge >= 0.3 is 0 Å². The third-order valence-corrected chi connectivity index (χ3v) is 5.47. The number of rotatable bonds is 4. The number of benzene rings is 1. The van der Waals surface area contributed by atoms with Gasteiger partial charge in [0.05, 0.1) is 16.1 Å². The van der Waals surface area contributed by atoms with E-state index in [2.05, 4.69) is 6.07 Å². The quantitative estimate of drug-likeness (QED) is 0.832. The van der Waals surface area contributed by atoms with Crippen LogP contribution in [0.4, 0.5) is 0 Å². The molecule has 0 saturated heterocycles. The normalized spacial score (nSPS) is 26.3. The highest BCUT2D eigenvalue weighted by Gasteiger charge is 2.39. The van der Waals surface area contributed by atoms with Crippen molar-refractivity contribution in [2.45, 2.75) is 36.1 Å².